The van der Waals surface area contributed by atoms with Gasteiger partial charge in [0.25, 0.3) is 0 Å². The van der Waals surface area contributed by atoms with Gasteiger partial charge in [0, 0.05) is 6.42 Å². The molecule has 124 valence electrons. The van der Waals surface area contributed by atoms with Gasteiger partial charge in [0.1, 0.15) is 11.7 Å². The molecular weight excluding hydrogens is 425 g/mol. The molecule has 0 saturated carbocycles. The van der Waals surface area contributed by atoms with Gasteiger partial charge in [-0.05, 0) is 42.5 Å². The summed E-state index contributed by atoms with van der Waals surface area (Å²) < 4.78 is 6.50. The third-order valence-corrected chi connectivity index (χ3v) is 6.31. The highest BCUT2D eigenvalue weighted by Gasteiger charge is 2.75. The van der Waals surface area contributed by atoms with E-state index < -0.39 is 29.1 Å². The van der Waals surface area contributed by atoms with Gasteiger partial charge in [-0.3, -0.25) is 9.59 Å². The summed E-state index contributed by atoms with van der Waals surface area (Å²) in [5.74, 6) is -2.01. The first kappa shape index (κ1) is 15.9. The maximum atomic E-state index is 13.0. The van der Waals surface area contributed by atoms with Crippen LogP contribution in [0.5, 0.6) is 0 Å². The first-order valence-corrected chi connectivity index (χ1v) is 8.62. The zero-order valence-electron chi connectivity index (χ0n) is 13.0. The van der Waals surface area contributed by atoms with E-state index in [0.29, 0.717) is 15.7 Å². The smallest absolute Gasteiger partial charge is 0.240 e. The fourth-order valence-electron chi connectivity index (χ4n) is 4.41. The second kappa shape index (κ2) is 4.74. The van der Waals surface area contributed by atoms with Crippen molar-refractivity contribution in [2.75, 3.05) is 4.90 Å². The number of aliphatic hydroxyl groups excluding tert-OH is 1. The standard InChI is InChI=1S/C16H14IN3O4/c1-15-4-10(21)16(2,24-15)12-11(15)13(22)20(14(12)23)7-3-8(17)9(5-18)19-6-7/h3,6,10-12,21H,4H2,1-2H3/t10-,11-,12+,15-,16-/m1/s1. The van der Waals surface area contributed by atoms with Crippen molar-refractivity contribution in [3.05, 3.63) is 21.5 Å². The molecule has 1 N–H and O–H groups in total. The Hall–Kier alpha value is -1.57. The van der Waals surface area contributed by atoms with Crippen LogP contribution in [-0.2, 0) is 14.3 Å². The maximum Gasteiger partial charge on any atom is 0.240 e. The Morgan fingerprint density at radius 2 is 2.08 bits per heavy atom. The average Bonchev–Trinajstić information content (AvgIpc) is 3.01. The van der Waals surface area contributed by atoms with E-state index in [1.165, 1.54) is 6.20 Å². The lowest BCUT2D eigenvalue weighted by Crippen LogP contribution is -2.49. The minimum absolute atomic E-state index is 0.247. The molecule has 0 aliphatic carbocycles. The van der Waals surface area contributed by atoms with Crippen molar-refractivity contribution in [3.8, 4) is 6.07 Å². The van der Waals surface area contributed by atoms with Gasteiger partial charge in [-0.1, -0.05) is 0 Å². The minimum atomic E-state index is -1.05. The number of fused-ring (bicyclic) bond motifs is 5. The monoisotopic (exact) mass is 439 g/mol. The molecule has 0 aromatic carbocycles. The molecule has 0 radical (unpaired) electrons. The average molecular weight is 439 g/mol. The van der Waals surface area contributed by atoms with Crippen LogP contribution in [0.2, 0.25) is 0 Å². The van der Waals surface area contributed by atoms with Gasteiger partial charge >= 0.3 is 0 Å². The number of hydrogen-bond acceptors (Lipinski definition) is 6. The minimum Gasteiger partial charge on any atom is -0.390 e. The van der Waals surface area contributed by atoms with Crippen molar-refractivity contribution >= 4 is 40.1 Å². The van der Waals surface area contributed by atoms with Crippen molar-refractivity contribution in [2.24, 2.45) is 11.8 Å². The molecule has 8 heteroatoms. The summed E-state index contributed by atoms with van der Waals surface area (Å²) in [5, 5.41) is 19.3. The predicted octanol–water partition coefficient (Wildman–Crippen LogP) is 0.976. The largest absolute Gasteiger partial charge is 0.390 e. The zero-order chi connectivity index (χ0) is 17.4. The molecule has 0 unspecified atom stereocenters. The third kappa shape index (κ3) is 1.75. The number of amides is 2. The third-order valence-electron chi connectivity index (χ3n) is 5.49. The fraction of sp³-hybridized carbons (Fsp3) is 0.500. The molecule has 4 rings (SSSR count). The number of rotatable bonds is 1. The van der Waals surface area contributed by atoms with E-state index in [-0.39, 0.29) is 17.5 Å². The van der Waals surface area contributed by atoms with Crippen molar-refractivity contribution in [1.82, 2.24) is 4.98 Å². The Labute approximate surface area is 151 Å². The topological polar surface area (TPSA) is 104 Å². The molecule has 24 heavy (non-hydrogen) atoms. The Balaban J connectivity index is 1.79. The molecule has 3 fully saturated rings. The van der Waals surface area contributed by atoms with Crippen LogP contribution in [0.1, 0.15) is 26.0 Å². The van der Waals surface area contributed by atoms with E-state index in [1.807, 2.05) is 28.7 Å². The van der Waals surface area contributed by atoms with Crippen LogP contribution in [0.4, 0.5) is 5.69 Å². The second-order valence-electron chi connectivity index (χ2n) is 6.92. The van der Waals surface area contributed by atoms with Gasteiger partial charge in [0.15, 0.2) is 5.69 Å². The molecule has 0 spiro atoms. The highest BCUT2D eigenvalue weighted by molar-refractivity contribution is 14.1. The van der Waals surface area contributed by atoms with E-state index in [1.54, 1.807) is 19.9 Å². The summed E-state index contributed by atoms with van der Waals surface area (Å²) >= 11 is 1.95. The van der Waals surface area contributed by atoms with Gasteiger partial charge in [0.2, 0.25) is 11.8 Å². The van der Waals surface area contributed by atoms with Crippen LogP contribution >= 0.6 is 22.6 Å². The Bertz CT molecular complexity index is 837. The lowest BCUT2D eigenvalue weighted by molar-refractivity contribution is -0.132. The first-order chi connectivity index (χ1) is 11.2. The van der Waals surface area contributed by atoms with E-state index in [9.17, 15) is 14.7 Å². The molecule has 4 heterocycles. The fourth-order valence-corrected chi connectivity index (χ4v) is 4.99. The Morgan fingerprint density at radius 1 is 1.42 bits per heavy atom. The number of anilines is 1. The number of pyridine rings is 1. The molecule has 3 aliphatic heterocycles. The molecule has 2 amide bonds. The second-order valence-corrected chi connectivity index (χ2v) is 8.08. The number of imide groups is 1. The van der Waals surface area contributed by atoms with E-state index in [0.717, 1.165) is 4.90 Å². The SMILES string of the molecule is C[C@@]12O[C@](C)(C[C@H]1O)[C@H]1C(=O)N(c3cnc(C#N)c(I)c3)C(=O)[C@H]12. The lowest BCUT2D eigenvalue weighted by atomic mass is 9.67. The number of nitrogens with zero attached hydrogens (tertiary/aromatic N) is 3. The summed E-state index contributed by atoms with van der Waals surface area (Å²) in [6, 6.07) is 3.56. The number of hydrogen-bond donors (Lipinski definition) is 1. The molecule has 1 aromatic heterocycles. The van der Waals surface area contributed by atoms with Crippen LogP contribution in [-0.4, -0.2) is 39.2 Å². The number of aliphatic hydroxyl groups is 1. The van der Waals surface area contributed by atoms with Gasteiger partial charge in [-0.2, -0.15) is 5.26 Å². The van der Waals surface area contributed by atoms with E-state index in [4.69, 9.17) is 10.00 Å². The number of halogens is 1. The number of nitriles is 1. The zero-order valence-corrected chi connectivity index (χ0v) is 15.1. The summed E-state index contributed by atoms with van der Waals surface area (Å²) in [6.07, 6.45) is 0.918. The number of ether oxygens (including phenoxy) is 1. The van der Waals surface area contributed by atoms with Crippen molar-refractivity contribution in [3.63, 3.8) is 0 Å². The van der Waals surface area contributed by atoms with Crippen LogP contribution in [0.25, 0.3) is 0 Å². The van der Waals surface area contributed by atoms with E-state index >= 15 is 0 Å². The summed E-state index contributed by atoms with van der Waals surface area (Å²) in [4.78, 5) is 31.1. The molecule has 3 aliphatic rings. The summed E-state index contributed by atoms with van der Waals surface area (Å²) in [5.41, 5.74) is -1.29. The highest BCUT2D eigenvalue weighted by atomic mass is 127. The van der Waals surface area contributed by atoms with Crippen LogP contribution < -0.4 is 4.90 Å². The summed E-state index contributed by atoms with van der Waals surface area (Å²) in [6.45, 7) is 3.48. The molecule has 1 aromatic rings. The normalized spacial score (nSPS) is 40.1. The number of carbonyl (C=O) groups excluding carboxylic acids is 2. The van der Waals surface area contributed by atoms with Crippen LogP contribution in [0, 0.1) is 26.7 Å². The first-order valence-electron chi connectivity index (χ1n) is 7.54. The van der Waals surface area contributed by atoms with Crippen LogP contribution in [0.3, 0.4) is 0 Å². The van der Waals surface area contributed by atoms with Crippen molar-refractivity contribution in [1.29, 1.82) is 5.26 Å². The molecule has 7 nitrogen and oxygen atoms in total. The van der Waals surface area contributed by atoms with Gasteiger partial charge in [-0.25, -0.2) is 9.88 Å². The van der Waals surface area contributed by atoms with E-state index in [2.05, 4.69) is 4.98 Å². The maximum absolute atomic E-state index is 13.0. The van der Waals surface area contributed by atoms with Gasteiger partial charge in [-0.15, -0.1) is 0 Å². The molecule has 3 saturated heterocycles. The Morgan fingerprint density at radius 3 is 2.71 bits per heavy atom. The molecular formula is C16H14IN3O4. The van der Waals surface area contributed by atoms with Gasteiger partial charge < -0.3 is 9.84 Å². The quantitative estimate of drug-likeness (QED) is 0.517. The lowest BCUT2D eigenvalue weighted by Gasteiger charge is -2.31. The number of aromatic nitrogens is 1. The molecule has 2 bridgehead atoms. The Kier molecular flexibility index (Phi) is 3.15. The van der Waals surface area contributed by atoms with Crippen LogP contribution in [0.15, 0.2) is 12.3 Å². The predicted molar refractivity (Wildman–Crippen MR) is 89.7 cm³/mol. The summed E-state index contributed by atoms with van der Waals surface area (Å²) in [7, 11) is 0. The molecule has 5 atom stereocenters. The van der Waals surface area contributed by atoms with Crippen molar-refractivity contribution in [2.45, 2.75) is 37.6 Å². The highest BCUT2D eigenvalue weighted by Crippen LogP contribution is 2.60. The van der Waals surface area contributed by atoms with Crippen molar-refractivity contribution < 1.29 is 19.4 Å². The number of carbonyl (C=O) groups is 2. The van der Waals surface area contributed by atoms with Gasteiger partial charge in [0.05, 0.1) is 39.0 Å².